The van der Waals surface area contributed by atoms with Gasteiger partial charge in [-0.2, -0.15) is 0 Å². The third-order valence-corrected chi connectivity index (χ3v) is 2.83. The average molecular weight is 262 g/mol. The molecular weight excluding hydrogens is 244 g/mol. The van der Waals surface area contributed by atoms with Crippen LogP contribution in [0.1, 0.15) is 13.8 Å². The number of rotatable bonds is 3. The van der Waals surface area contributed by atoms with Crippen LogP contribution in [0.15, 0.2) is 11.6 Å². The second kappa shape index (κ2) is 6.26. The molecule has 0 radical (unpaired) electrons. The van der Waals surface area contributed by atoms with E-state index in [0.717, 1.165) is 0 Å². The van der Waals surface area contributed by atoms with E-state index in [1.54, 1.807) is 6.92 Å². The highest BCUT2D eigenvalue weighted by molar-refractivity contribution is 5.87. The van der Waals surface area contributed by atoms with E-state index in [9.17, 15) is 20.1 Å². The van der Waals surface area contributed by atoms with Crippen molar-refractivity contribution in [2.24, 2.45) is 0 Å². The zero-order valence-corrected chi connectivity index (χ0v) is 10.2. The van der Waals surface area contributed by atoms with Crippen LogP contribution in [-0.4, -0.2) is 63.7 Å². The van der Waals surface area contributed by atoms with Crippen LogP contribution in [0.4, 0.5) is 0 Å². The largest absolute Gasteiger partial charge is 0.429 e. The maximum Gasteiger partial charge on any atom is 0.335 e. The highest BCUT2D eigenvalue weighted by atomic mass is 16.7. The summed E-state index contributed by atoms with van der Waals surface area (Å²) in [5, 5.41) is 37.6. The summed E-state index contributed by atoms with van der Waals surface area (Å²) in [6.07, 6.45) is -5.60. The van der Waals surface area contributed by atoms with Crippen molar-refractivity contribution in [3.8, 4) is 0 Å². The molecule has 0 saturated carbocycles. The molecule has 7 heteroatoms. The number of hydrogen-bond acceptors (Lipinski definition) is 7. The van der Waals surface area contributed by atoms with Gasteiger partial charge in [0.1, 0.15) is 24.4 Å². The molecule has 0 amide bonds. The van der Waals surface area contributed by atoms with Crippen molar-refractivity contribution in [1.29, 1.82) is 0 Å². The van der Waals surface area contributed by atoms with Crippen LogP contribution in [0, 0.1) is 0 Å². The first-order valence-electron chi connectivity index (χ1n) is 5.56. The molecule has 7 nitrogen and oxygen atoms in total. The highest BCUT2D eigenvalue weighted by Crippen LogP contribution is 2.22. The quantitative estimate of drug-likeness (QED) is 0.353. The van der Waals surface area contributed by atoms with Gasteiger partial charge in [-0.15, -0.1) is 0 Å². The predicted octanol–water partition coefficient (Wildman–Crippen LogP) is -1.70. The van der Waals surface area contributed by atoms with Gasteiger partial charge in [-0.1, -0.05) is 6.08 Å². The van der Waals surface area contributed by atoms with E-state index in [4.69, 9.17) is 14.6 Å². The molecule has 1 rings (SSSR count). The first-order chi connectivity index (χ1) is 8.42. The topological polar surface area (TPSA) is 116 Å². The highest BCUT2D eigenvalue weighted by Gasteiger charge is 2.45. The van der Waals surface area contributed by atoms with E-state index in [0.29, 0.717) is 5.57 Å². The maximum atomic E-state index is 11.5. The van der Waals surface area contributed by atoms with Gasteiger partial charge in [-0.25, -0.2) is 4.79 Å². The Morgan fingerprint density at radius 2 is 1.89 bits per heavy atom. The Hall–Kier alpha value is -0.990. The number of aliphatic hydroxyl groups is 4. The number of carbonyl (C=O) groups excluding carboxylic acids is 1. The van der Waals surface area contributed by atoms with Gasteiger partial charge < -0.3 is 29.9 Å². The summed E-state index contributed by atoms with van der Waals surface area (Å²) in [6, 6.07) is 0. The smallest absolute Gasteiger partial charge is 0.335 e. The molecule has 0 aromatic rings. The van der Waals surface area contributed by atoms with E-state index in [-0.39, 0.29) is 0 Å². The standard InChI is InChI=1S/C11H18O7/c1-3-5(2)10(16)18-11-9(15)8(14)7(13)6(4-12)17-11/h3,6-9,11-15H,4H2,1-2H3/b5-3-/t6-,7-,8+,9-,11+/m1/s1. The molecule has 0 aliphatic carbocycles. The van der Waals surface area contributed by atoms with Crippen LogP contribution in [0.5, 0.6) is 0 Å². The van der Waals surface area contributed by atoms with Crippen molar-refractivity contribution in [3.63, 3.8) is 0 Å². The number of allylic oxidation sites excluding steroid dienone is 1. The summed E-state index contributed by atoms with van der Waals surface area (Å²) in [5.41, 5.74) is 0.312. The fourth-order valence-corrected chi connectivity index (χ4v) is 1.48. The molecule has 104 valence electrons. The lowest BCUT2D eigenvalue weighted by atomic mass is 9.99. The van der Waals surface area contributed by atoms with Crippen molar-refractivity contribution in [2.45, 2.75) is 44.6 Å². The minimum atomic E-state index is -1.57. The van der Waals surface area contributed by atoms with E-state index in [2.05, 4.69) is 0 Å². The molecule has 0 spiro atoms. The van der Waals surface area contributed by atoms with Crippen LogP contribution < -0.4 is 0 Å². The van der Waals surface area contributed by atoms with Gasteiger partial charge in [0.05, 0.1) is 6.61 Å². The third kappa shape index (κ3) is 3.06. The lowest BCUT2D eigenvalue weighted by molar-refractivity contribution is -0.291. The molecule has 5 atom stereocenters. The first-order valence-corrected chi connectivity index (χ1v) is 5.56. The summed E-state index contributed by atoms with van der Waals surface area (Å²) in [5.74, 6) is -0.707. The van der Waals surface area contributed by atoms with Crippen molar-refractivity contribution >= 4 is 5.97 Å². The Morgan fingerprint density at radius 1 is 1.28 bits per heavy atom. The SMILES string of the molecule is C/C=C(/C)C(=O)O[C@@H]1O[C@H](CO)[C@@H](O)[C@H](O)[C@H]1O. The van der Waals surface area contributed by atoms with Crippen LogP contribution in [-0.2, 0) is 14.3 Å². The van der Waals surface area contributed by atoms with E-state index >= 15 is 0 Å². The molecule has 1 aliphatic rings. The molecular formula is C11H18O7. The summed E-state index contributed by atoms with van der Waals surface area (Å²) in [6.45, 7) is 2.60. The molecule has 1 heterocycles. The molecule has 0 bridgehead atoms. The number of carbonyl (C=O) groups is 1. The monoisotopic (exact) mass is 262 g/mol. The number of aliphatic hydroxyl groups excluding tert-OH is 4. The second-order valence-electron chi connectivity index (χ2n) is 4.07. The van der Waals surface area contributed by atoms with Gasteiger partial charge in [0.15, 0.2) is 0 Å². The fourth-order valence-electron chi connectivity index (χ4n) is 1.48. The Labute approximate surface area is 104 Å². The summed E-state index contributed by atoms with van der Waals surface area (Å²) in [7, 11) is 0. The van der Waals surface area contributed by atoms with Crippen molar-refractivity contribution in [2.75, 3.05) is 6.61 Å². The van der Waals surface area contributed by atoms with Gasteiger partial charge in [0.2, 0.25) is 6.29 Å². The lowest BCUT2D eigenvalue weighted by Crippen LogP contribution is -2.59. The zero-order chi connectivity index (χ0) is 13.9. The summed E-state index contributed by atoms with van der Waals surface area (Å²) in [4.78, 5) is 11.5. The normalized spacial score (nSPS) is 37.4. The van der Waals surface area contributed by atoms with Gasteiger partial charge >= 0.3 is 5.97 Å². The van der Waals surface area contributed by atoms with Gasteiger partial charge in [-0.05, 0) is 13.8 Å². The van der Waals surface area contributed by atoms with Crippen LogP contribution in [0.2, 0.25) is 0 Å². The van der Waals surface area contributed by atoms with E-state index < -0.39 is 43.3 Å². The molecule has 0 unspecified atom stereocenters. The van der Waals surface area contributed by atoms with Gasteiger partial charge in [-0.3, -0.25) is 0 Å². The summed E-state index contributed by atoms with van der Waals surface area (Å²) < 4.78 is 9.86. The molecule has 18 heavy (non-hydrogen) atoms. The number of ether oxygens (including phenoxy) is 2. The molecule has 1 aliphatic heterocycles. The van der Waals surface area contributed by atoms with Crippen molar-refractivity contribution in [1.82, 2.24) is 0 Å². The average Bonchev–Trinajstić information content (AvgIpc) is 2.38. The lowest BCUT2D eigenvalue weighted by Gasteiger charge is -2.39. The summed E-state index contributed by atoms with van der Waals surface area (Å²) >= 11 is 0. The third-order valence-electron chi connectivity index (χ3n) is 2.83. The molecule has 1 saturated heterocycles. The Kier molecular flexibility index (Phi) is 5.24. The van der Waals surface area contributed by atoms with E-state index in [1.165, 1.54) is 13.0 Å². The first kappa shape index (κ1) is 15.1. The Balaban J connectivity index is 2.73. The molecule has 0 aromatic carbocycles. The van der Waals surface area contributed by atoms with Gasteiger partial charge in [0.25, 0.3) is 0 Å². The minimum Gasteiger partial charge on any atom is -0.429 e. The van der Waals surface area contributed by atoms with Crippen molar-refractivity contribution in [3.05, 3.63) is 11.6 Å². The van der Waals surface area contributed by atoms with Crippen LogP contribution in [0.3, 0.4) is 0 Å². The molecule has 4 N–H and O–H groups in total. The van der Waals surface area contributed by atoms with Crippen LogP contribution >= 0.6 is 0 Å². The predicted molar refractivity (Wildman–Crippen MR) is 59.3 cm³/mol. The fraction of sp³-hybridized carbons (Fsp3) is 0.727. The number of esters is 1. The number of hydrogen-bond donors (Lipinski definition) is 4. The minimum absolute atomic E-state index is 0.312. The second-order valence-corrected chi connectivity index (χ2v) is 4.07. The van der Waals surface area contributed by atoms with Crippen molar-refractivity contribution < 1.29 is 34.7 Å². The Morgan fingerprint density at radius 3 is 2.39 bits per heavy atom. The molecule has 0 aromatic heterocycles. The van der Waals surface area contributed by atoms with E-state index in [1.807, 2.05) is 0 Å². The maximum absolute atomic E-state index is 11.5. The zero-order valence-electron chi connectivity index (χ0n) is 10.2. The Bertz CT molecular complexity index is 325. The molecule has 1 fully saturated rings. The van der Waals surface area contributed by atoms with Crippen LogP contribution in [0.25, 0.3) is 0 Å². The van der Waals surface area contributed by atoms with Gasteiger partial charge in [0, 0.05) is 5.57 Å².